The summed E-state index contributed by atoms with van der Waals surface area (Å²) in [5, 5.41) is 7.02. The molecule has 3 aromatic heterocycles. The molecule has 128 valence electrons. The third-order valence-electron chi connectivity index (χ3n) is 3.24. The van der Waals surface area contributed by atoms with E-state index in [4.69, 9.17) is 4.74 Å². The van der Waals surface area contributed by atoms with Gasteiger partial charge in [-0.1, -0.05) is 12.1 Å². The SMILES string of the molecule is CC(NC(=O)c1cccs1)C(=O)OCc1csc(-c2ccccn2)n1. The molecular formula is C17H15N3O3S2. The van der Waals surface area contributed by atoms with Gasteiger partial charge >= 0.3 is 5.97 Å². The smallest absolute Gasteiger partial charge is 0.328 e. The second kappa shape index (κ2) is 8.00. The number of hydrogen-bond acceptors (Lipinski definition) is 7. The molecule has 1 atom stereocenters. The molecule has 0 saturated carbocycles. The maximum Gasteiger partial charge on any atom is 0.328 e. The maximum absolute atomic E-state index is 12.0. The third-order valence-corrected chi connectivity index (χ3v) is 5.03. The number of carbonyl (C=O) groups excluding carboxylic acids is 2. The van der Waals surface area contributed by atoms with Crippen molar-refractivity contribution in [2.45, 2.75) is 19.6 Å². The summed E-state index contributed by atoms with van der Waals surface area (Å²) in [5.74, 6) is -0.789. The summed E-state index contributed by atoms with van der Waals surface area (Å²) in [6.45, 7) is 1.65. The average molecular weight is 373 g/mol. The van der Waals surface area contributed by atoms with Crippen LogP contribution in [0.3, 0.4) is 0 Å². The first-order valence-corrected chi connectivity index (χ1v) is 9.26. The number of pyridine rings is 1. The van der Waals surface area contributed by atoms with Crippen molar-refractivity contribution in [1.29, 1.82) is 0 Å². The van der Waals surface area contributed by atoms with Gasteiger partial charge < -0.3 is 10.1 Å². The minimum atomic E-state index is -0.733. The highest BCUT2D eigenvalue weighted by Gasteiger charge is 2.19. The molecule has 0 bridgehead atoms. The van der Waals surface area contributed by atoms with Crippen LogP contribution in [0, 0.1) is 0 Å². The van der Waals surface area contributed by atoms with E-state index in [1.807, 2.05) is 23.6 Å². The summed E-state index contributed by atoms with van der Waals surface area (Å²) in [6, 6.07) is 8.35. The van der Waals surface area contributed by atoms with Crippen LogP contribution in [0.5, 0.6) is 0 Å². The Bertz CT molecular complexity index is 847. The first kappa shape index (κ1) is 17.2. The summed E-state index contributed by atoms with van der Waals surface area (Å²) >= 11 is 2.76. The van der Waals surface area contributed by atoms with E-state index in [-0.39, 0.29) is 12.5 Å². The van der Waals surface area contributed by atoms with Crippen molar-refractivity contribution in [1.82, 2.24) is 15.3 Å². The highest BCUT2D eigenvalue weighted by Crippen LogP contribution is 2.21. The van der Waals surface area contributed by atoms with E-state index in [1.165, 1.54) is 22.7 Å². The first-order valence-electron chi connectivity index (χ1n) is 7.50. The summed E-state index contributed by atoms with van der Waals surface area (Å²) in [5.41, 5.74) is 1.43. The lowest BCUT2D eigenvalue weighted by Gasteiger charge is -2.12. The Morgan fingerprint density at radius 2 is 2.12 bits per heavy atom. The highest BCUT2D eigenvalue weighted by molar-refractivity contribution is 7.13. The Balaban J connectivity index is 1.52. The van der Waals surface area contributed by atoms with Crippen LogP contribution >= 0.6 is 22.7 Å². The van der Waals surface area contributed by atoms with Crippen molar-refractivity contribution in [3.8, 4) is 10.7 Å². The molecule has 1 unspecified atom stereocenters. The summed E-state index contributed by atoms with van der Waals surface area (Å²) in [7, 11) is 0. The summed E-state index contributed by atoms with van der Waals surface area (Å²) < 4.78 is 5.23. The van der Waals surface area contributed by atoms with Crippen molar-refractivity contribution >= 4 is 34.6 Å². The summed E-state index contributed by atoms with van der Waals surface area (Å²) in [4.78, 5) is 33.2. The maximum atomic E-state index is 12.0. The van der Waals surface area contributed by atoms with Crippen LogP contribution in [0.2, 0.25) is 0 Å². The minimum absolute atomic E-state index is 0.0569. The fraction of sp³-hybridized carbons (Fsp3) is 0.176. The van der Waals surface area contributed by atoms with E-state index >= 15 is 0 Å². The number of nitrogens with zero attached hydrogens (tertiary/aromatic N) is 2. The zero-order valence-electron chi connectivity index (χ0n) is 13.3. The molecule has 0 fully saturated rings. The minimum Gasteiger partial charge on any atom is -0.458 e. The van der Waals surface area contributed by atoms with E-state index in [2.05, 4.69) is 15.3 Å². The molecule has 0 aromatic carbocycles. The van der Waals surface area contributed by atoms with Gasteiger partial charge in [0.15, 0.2) is 0 Å². The number of nitrogens with one attached hydrogen (secondary N) is 1. The fourth-order valence-corrected chi connectivity index (χ4v) is 3.39. The van der Waals surface area contributed by atoms with Crippen LogP contribution in [0.15, 0.2) is 47.3 Å². The van der Waals surface area contributed by atoms with E-state index in [0.717, 1.165) is 10.7 Å². The molecule has 8 heteroatoms. The van der Waals surface area contributed by atoms with Crippen molar-refractivity contribution in [2.75, 3.05) is 0 Å². The lowest BCUT2D eigenvalue weighted by molar-refractivity contribution is -0.146. The van der Waals surface area contributed by atoms with Crippen LogP contribution < -0.4 is 5.32 Å². The molecule has 3 aromatic rings. The van der Waals surface area contributed by atoms with Crippen molar-refractivity contribution < 1.29 is 14.3 Å². The molecule has 3 heterocycles. The second-order valence-electron chi connectivity index (χ2n) is 5.14. The molecule has 0 aliphatic heterocycles. The monoisotopic (exact) mass is 373 g/mol. The van der Waals surface area contributed by atoms with Crippen LogP contribution in [0.4, 0.5) is 0 Å². The zero-order chi connectivity index (χ0) is 17.6. The van der Waals surface area contributed by atoms with E-state index in [9.17, 15) is 9.59 Å². The molecule has 0 saturated heterocycles. The predicted molar refractivity (Wildman–Crippen MR) is 96.4 cm³/mol. The number of hydrogen-bond donors (Lipinski definition) is 1. The number of thiazole rings is 1. The first-order chi connectivity index (χ1) is 12.1. The molecule has 1 amide bonds. The number of thiophene rings is 1. The Labute approximate surface area is 152 Å². The fourth-order valence-electron chi connectivity index (χ4n) is 1.98. The van der Waals surface area contributed by atoms with Gasteiger partial charge in [-0.15, -0.1) is 22.7 Å². The average Bonchev–Trinajstić information content (AvgIpc) is 3.32. The summed E-state index contributed by atoms with van der Waals surface area (Å²) in [6.07, 6.45) is 1.70. The van der Waals surface area contributed by atoms with Crippen LogP contribution in [0.25, 0.3) is 10.7 Å². The van der Waals surface area contributed by atoms with Crippen molar-refractivity contribution in [2.24, 2.45) is 0 Å². The van der Waals surface area contributed by atoms with E-state index in [1.54, 1.807) is 30.6 Å². The molecule has 25 heavy (non-hydrogen) atoms. The van der Waals surface area contributed by atoms with Gasteiger partial charge in [-0.25, -0.2) is 9.78 Å². The van der Waals surface area contributed by atoms with Gasteiger partial charge in [0.05, 0.1) is 16.3 Å². The Kier molecular flexibility index (Phi) is 5.52. The molecule has 0 aliphatic rings. The van der Waals surface area contributed by atoms with Crippen molar-refractivity contribution in [3.63, 3.8) is 0 Å². The van der Waals surface area contributed by atoms with Gasteiger partial charge in [0.1, 0.15) is 17.7 Å². The van der Waals surface area contributed by atoms with Crippen LogP contribution in [-0.4, -0.2) is 27.9 Å². The third kappa shape index (κ3) is 4.49. The van der Waals surface area contributed by atoms with Crippen molar-refractivity contribution in [3.05, 3.63) is 57.9 Å². The molecular weight excluding hydrogens is 358 g/mol. The zero-order valence-corrected chi connectivity index (χ0v) is 15.0. The number of amides is 1. The standard InChI is InChI=1S/C17H15N3O3S2/c1-11(19-15(21)14-6-4-8-24-14)17(22)23-9-12-10-25-16(20-12)13-5-2-3-7-18-13/h2-8,10-11H,9H2,1H3,(H,19,21). The number of rotatable bonds is 6. The van der Waals surface area contributed by atoms with E-state index in [0.29, 0.717) is 10.6 Å². The van der Waals surface area contributed by atoms with Crippen LogP contribution in [0.1, 0.15) is 22.3 Å². The number of ether oxygens (including phenoxy) is 1. The number of carbonyl (C=O) groups is 2. The number of aromatic nitrogens is 2. The van der Waals surface area contributed by atoms with Gasteiger partial charge in [0, 0.05) is 11.6 Å². The Hall–Kier alpha value is -2.58. The van der Waals surface area contributed by atoms with Gasteiger partial charge in [0.25, 0.3) is 5.91 Å². The molecule has 6 nitrogen and oxygen atoms in total. The van der Waals surface area contributed by atoms with Crippen LogP contribution in [-0.2, 0) is 16.1 Å². The molecule has 0 aliphatic carbocycles. The number of esters is 1. The topological polar surface area (TPSA) is 81.2 Å². The van der Waals surface area contributed by atoms with Gasteiger partial charge in [-0.05, 0) is 30.5 Å². The Morgan fingerprint density at radius 1 is 1.24 bits per heavy atom. The molecule has 0 radical (unpaired) electrons. The largest absolute Gasteiger partial charge is 0.458 e. The van der Waals surface area contributed by atoms with Gasteiger partial charge in [-0.3, -0.25) is 9.78 Å². The van der Waals surface area contributed by atoms with Gasteiger partial charge in [-0.2, -0.15) is 0 Å². The lowest BCUT2D eigenvalue weighted by Crippen LogP contribution is -2.39. The quantitative estimate of drug-likeness (QED) is 0.672. The normalized spacial score (nSPS) is 11.7. The van der Waals surface area contributed by atoms with E-state index < -0.39 is 12.0 Å². The predicted octanol–water partition coefficient (Wildman–Crippen LogP) is 3.13. The second-order valence-corrected chi connectivity index (χ2v) is 6.94. The lowest BCUT2D eigenvalue weighted by atomic mass is 10.3. The molecule has 3 rings (SSSR count). The highest BCUT2D eigenvalue weighted by atomic mass is 32.1. The van der Waals surface area contributed by atoms with Gasteiger partial charge in [0.2, 0.25) is 0 Å². The molecule has 1 N–H and O–H groups in total. The Morgan fingerprint density at radius 3 is 2.84 bits per heavy atom. The molecule has 0 spiro atoms.